The first-order valence-corrected chi connectivity index (χ1v) is 12.6. The van der Waals surface area contributed by atoms with E-state index in [4.69, 9.17) is 9.26 Å². The molecule has 0 spiro atoms. The molecule has 0 bridgehead atoms. The molecule has 166 valence electrons. The summed E-state index contributed by atoms with van der Waals surface area (Å²) in [6, 6.07) is 4.73. The minimum atomic E-state index is -4.18. The summed E-state index contributed by atoms with van der Waals surface area (Å²) in [6.45, 7) is 6.15. The molecule has 12 heteroatoms. The second-order valence-electron chi connectivity index (χ2n) is 7.31. The van der Waals surface area contributed by atoms with E-state index in [0.29, 0.717) is 13.1 Å². The Labute approximate surface area is 176 Å². The molecule has 2 heterocycles. The van der Waals surface area contributed by atoms with Gasteiger partial charge in [-0.15, -0.1) is 0 Å². The van der Waals surface area contributed by atoms with Crippen LogP contribution in [0.15, 0.2) is 38.6 Å². The lowest BCUT2D eigenvalue weighted by Gasteiger charge is -2.19. The molecule has 0 saturated carbocycles. The number of nitrogens with zero attached hydrogens (tertiary/aromatic N) is 3. The fourth-order valence-corrected chi connectivity index (χ4v) is 6.57. The summed E-state index contributed by atoms with van der Waals surface area (Å²) in [5, 5.41) is 3.79. The molecule has 1 aliphatic rings. The summed E-state index contributed by atoms with van der Waals surface area (Å²) in [4.78, 5) is 3.58. The number of nitrogens with one attached hydrogen (secondary N) is 1. The maximum Gasteiger partial charge on any atom is 0.252 e. The monoisotopic (exact) mass is 458 g/mol. The highest BCUT2D eigenvalue weighted by atomic mass is 32.2. The van der Waals surface area contributed by atoms with Gasteiger partial charge in [-0.05, 0) is 45.7 Å². The van der Waals surface area contributed by atoms with E-state index in [9.17, 15) is 16.8 Å². The van der Waals surface area contributed by atoms with Crippen molar-refractivity contribution in [1.82, 2.24) is 19.2 Å². The van der Waals surface area contributed by atoms with Crippen LogP contribution in [0.3, 0.4) is 0 Å². The summed E-state index contributed by atoms with van der Waals surface area (Å²) in [7, 11) is -8.09. The van der Waals surface area contributed by atoms with Crippen molar-refractivity contribution in [1.29, 1.82) is 0 Å². The van der Waals surface area contributed by atoms with Crippen LogP contribution < -0.4 is 4.72 Å². The Balaban J connectivity index is 1.83. The third kappa shape index (κ3) is 5.06. The van der Waals surface area contributed by atoms with Gasteiger partial charge in [0.05, 0.1) is 12.1 Å². The van der Waals surface area contributed by atoms with Crippen molar-refractivity contribution in [3.05, 3.63) is 36.0 Å². The van der Waals surface area contributed by atoms with Crippen molar-refractivity contribution in [2.75, 3.05) is 13.1 Å². The minimum absolute atomic E-state index is 0.0228. The Bertz CT molecular complexity index is 1080. The first-order chi connectivity index (χ1) is 14.1. The van der Waals surface area contributed by atoms with E-state index >= 15 is 0 Å². The zero-order valence-electron chi connectivity index (χ0n) is 17.1. The van der Waals surface area contributed by atoms with Gasteiger partial charge in [0.1, 0.15) is 16.4 Å². The molecule has 1 aliphatic heterocycles. The van der Waals surface area contributed by atoms with Crippen LogP contribution in [0, 0.1) is 0 Å². The second-order valence-corrected chi connectivity index (χ2v) is 10.9. The van der Waals surface area contributed by atoms with E-state index in [2.05, 4.69) is 14.9 Å². The van der Waals surface area contributed by atoms with Gasteiger partial charge in [-0.1, -0.05) is 17.3 Å². The summed E-state index contributed by atoms with van der Waals surface area (Å²) in [5.41, 5.74) is 0. The first-order valence-electron chi connectivity index (χ1n) is 9.67. The van der Waals surface area contributed by atoms with Crippen molar-refractivity contribution in [2.24, 2.45) is 0 Å². The van der Waals surface area contributed by atoms with Crippen molar-refractivity contribution >= 4 is 20.0 Å². The van der Waals surface area contributed by atoms with Gasteiger partial charge in [0.2, 0.25) is 20.0 Å². The topological polar surface area (TPSA) is 132 Å². The Morgan fingerprint density at radius 2 is 1.73 bits per heavy atom. The van der Waals surface area contributed by atoms with Gasteiger partial charge >= 0.3 is 0 Å². The molecule has 0 radical (unpaired) electrons. The molecule has 10 nitrogen and oxygen atoms in total. The summed E-state index contributed by atoms with van der Waals surface area (Å²) < 4.78 is 66.2. The molecular formula is C18H26N4O6S2. The molecular weight excluding hydrogens is 432 g/mol. The van der Waals surface area contributed by atoms with E-state index in [1.807, 2.05) is 13.8 Å². The number of aromatic nitrogens is 2. The van der Waals surface area contributed by atoms with Crippen LogP contribution in [0.5, 0.6) is 0 Å². The normalized spacial score (nSPS) is 16.9. The lowest BCUT2D eigenvalue weighted by atomic mass is 10.3. The number of ether oxygens (including phenoxy) is 1. The van der Waals surface area contributed by atoms with Crippen LogP contribution in [-0.2, 0) is 31.4 Å². The molecule has 1 N–H and O–H groups in total. The minimum Gasteiger partial charge on any atom is -0.369 e. The van der Waals surface area contributed by atoms with Gasteiger partial charge in [-0.2, -0.15) is 9.29 Å². The predicted molar refractivity (Wildman–Crippen MR) is 107 cm³/mol. The molecule has 0 aliphatic carbocycles. The molecule has 1 atom stereocenters. The smallest absolute Gasteiger partial charge is 0.252 e. The molecule has 1 fully saturated rings. The summed E-state index contributed by atoms with van der Waals surface area (Å²) >= 11 is 0. The van der Waals surface area contributed by atoms with E-state index < -0.39 is 26.1 Å². The van der Waals surface area contributed by atoms with Gasteiger partial charge in [-0.25, -0.2) is 21.6 Å². The average Bonchev–Trinajstić information content (AvgIpc) is 3.38. The third-order valence-electron chi connectivity index (χ3n) is 4.56. The molecule has 1 saturated heterocycles. The van der Waals surface area contributed by atoms with Crippen molar-refractivity contribution in [2.45, 2.75) is 62.2 Å². The Kier molecular flexibility index (Phi) is 6.92. The fraction of sp³-hybridized carbons (Fsp3) is 0.556. The van der Waals surface area contributed by atoms with E-state index in [0.717, 1.165) is 12.8 Å². The molecule has 3 rings (SSSR count). The van der Waals surface area contributed by atoms with Crippen LogP contribution in [-0.4, -0.2) is 50.5 Å². The van der Waals surface area contributed by atoms with Gasteiger partial charge in [0, 0.05) is 13.1 Å². The Hall–Kier alpha value is -1.86. The average molecular weight is 459 g/mol. The SMILES string of the molecule is CC(C)OCc1nc(C(C)NS(=O)(=O)c2ccccc2S(=O)(=O)N2CCCC2)no1. The standard InChI is InChI=1S/C18H26N4O6S2/c1-13(2)27-12-17-19-18(20-28-17)14(3)21-29(23,24)15-8-4-5-9-16(15)30(25,26)22-10-6-7-11-22/h4-5,8-9,13-14,21H,6-7,10-12H2,1-3H3. The number of rotatable bonds is 9. The number of sulfonamides is 2. The highest BCUT2D eigenvalue weighted by Gasteiger charge is 2.33. The largest absolute Gasteiger partial charge is 0.369 e. The highest BCUT2D eigenvalue weighted by Crippen LogP contribution is 2.27. The van der Waals surface area contributed by atoms with E-state index in [-0.39, 0.29) is 34.2 Å². The van der Waals surface area contributed by atoms with Gasteiger partial charge in [0.25, 0.3) is 5.89 Å². The van der Waals surface area contributed by atoms with Gasteiger partial charge in [-0.3, -0.25) is 0 Å². The Morgan fingerprint density at radius 1 is 1.10 bits per heavy atom. The van der Waals surface area contributed by atoms with Crippen LogP contribution >= 0.6 is 0 Å². The quantitative estimate of drug-likeness (QED) is 0.602. The predicted octanol–water partition coefficient (Wildman–Crippen LogP) is 1.82. The zero-order chi connectivity index (χ0) is 21.9. The molecule has 1 aromatic heterocycles. The number of benzene rings is 1. The summed E-state index contributed by atoms with van der Waals surface area (Å²) in [5.74, 6) is 0.350. The first kappa shape index (κ1) is 22.8. The van der Waals surface area contributed by atoms with Crippen LogP contribution in [0.4, 0.5) is 0 Å². The number of hydrogen-bond acceptors (Lipinski definition) is 8. The molecule has 2 aromatic rings. The van der Waals surface area contributed by atoms with E-state index in [1.165, 1.54) is 28.6 Å². The fourth-order valence-electron chi connectivity index (χ4n) is 3.04. The van der Waals surface area contributed by atoms with E-state index in [1.54, 1.807) is 6.92 Å². The lowest BCUT2D eigenvalue weighted by molar-refractivity contribution is 0.0485. The third-order valence-corrected chi connectivity index (χ3v) is 8.25. The highest BCUT2D eigenvalue weighted by molar-refractivity contribution is 7.92. The summed E-state index contributed by atoms with van der Waals surface area (Å²) in [6.07, 6.45) is 1.49. The van der Waals surface area contributed by atoms with Crippen molar-refractivity contribution in [3.63, 3.8) is 0 Å². The maximum absolute atomic E-state index is 13.0. The Morgan fingerprint density at radius 3 is 2.37 bits per heavy atom. The second kappa shape index (κ2) is 9.10. The van der Waals surface area contributed by atoms with Gasteiger partial charge in [0.15, 0.2) is 5.82 Å². The molecule has 30 heavy (non-hydrogen) atoms. The lowest BCUT2D eigenvalue weighted by Crippen LogP contribution is -2.32. The zero-order valence-corrected chi connectivity index (χ0v) is 18.7. The molecule has 1 aromatic carbocycles. The molecule has 0 amide bonds. The van der Waals surface area contributed by atoms with Crippen molar-refractivity contribution in [3.8, 4) is 0 Å². The van der Waals surface area contributed by atoms with Crippen LogP contribution in [0.2, 0.25) is 0 Å². The molecule has 1 unspecified atom stereocenters. The maximum atomic E-state index is 13.0. The van der Waals surface area contributed by atoms with Crippen LogP contribution in [0.1, 0.15) is 51.4 Å². The van der Waals surface area contributed by atoms with Crippen LogP contribution in [0.25, 0.3) is 0 Å². The number of hydrogen-bond donors (Lipinski definition) is 1. The van der Waals surface area contributed by atoms with Crippen molar-refractivity contribution < 1.29 is 26.1 Å². The van der Waals surface area contributed by atoms with Gasteiger partial charge < -0.3 is 9.26 Å².